The summed E-state index contributed by atoms with van der Waals surface area (Å²) in [6.45, 7) is 3.48. The normalized spacial score (nSPS) is 11.9. The number of hydrogen-bond donors (Lipinski definition) is 1. The van der Waals surface area contributed by atoms with Crippen LogP contribution in [0.5, 0.6) is 0 Å². The highest BCUT2D eigenvalue weighted by Gasteiger charge is 2.15. The van der Waals surface area contributed by atoms with Gasteiger partial charge in [0, 0.05) is 19.7 Å². The Labute approximate surface area is 111 Å². The van der Waals surface area contributed by atoms with Crippen molar-refractivity contribution in [2.45, 2.75) is 0 Å². The lowest BCUT2D eigenvalue weighted by Gasteiger charge is -2.13. The van der Waals surface area contributed by atoms with Crippen molar-refractivity contribution in [3.63, 3.8) is 0 Å². The van der Waals surface area contributed by atoms with Gasteiger partial charge in [-0.05, 0) is 18.9 Å². The molecular formula is C13H15N5O. The van der Waals surface area contributed by atoms with Crippen molar-refractivity contribution in [3.8, 4) is 11.5 Å². The van der Waals surface area contributed by atoms with Gasteiger partial charge in [0.1, 0.15) is 5.82 Å². The molecule has 6 nitrogen and oxygen atoms in total. The van der Waals surface area contributed by atoms with E-state index in [1.165, 1.54) is 0 Å². The predicted octanol–water partition coefficient (Wildman–Crippen LogP) is 1.58. The van der Waals surface area contributed by atoms with Crippen molar-refractivity contribution in [3.05, 3.63) is 42.0 Å². The second-order valence-corrected chi connectivity index (χ2v) is 4.06. The van der Waals surface area contributed by atoms with Crippen LogP contribution >= 0.6 is 0 Å². The number of nitrogens with zero attached hydrogens (tertiary/aromatic N) is 4. The zero-order valence-corrected chi connectivity index (χ0v) is 10.9. The largest absolute Gasteiger partial charge is 0.414 e. The number of rotatable bonds is 4. The Morgan fingerprint density at radius 1 is 1.26 bits per heavy atom. The van der Waals surface area contributed by atoms with E-state index in [4.69, 9.17) is 10.2 Å². The zero-order valence-electron chi connectivity index (χ0n) is 10.9. The molecular weight excluding hydrogens is 242 g/mol. The zero-order chi connectivity index (χ0) is 13.8. The Hall–Kier alpha value is -2.63. The number of benzene rings is 1. The molecule has 0 saturated heterocycles. The number of nitrogens with two attached hydrogens (primary N) is 1. The molecule has 1 heterocycles. The molecule has 0 fully saturated rings. The molecule has 2 N–H and O–H groups in total. The Balaban J connectivity index is 2.41. The van der Waals surface area contributed by atoms with Crippen molar-refractivity contribution < 1.29 is 4.42 Å². The van der Waals surface area contributed by atoms with E-state index in [2.05, 4.69) is 21.9 Å². The Kier molecular flexibility index (Phi) is 3.61. The van der Waals surface area contributed by atoms with Gasteiger partial charge in [0.25, 0.3) is 5.89 Å². The van der Waals surface area contributed by atoms with Crippen LogP contribution in [0.3, 0.4) is 0 Å². The molecule has 0 aliphatic rings. The molecule has 0 spiro atoms. The first-order chi connectivity index (χ1) is 9.13. The van der Waals surface area contributed by atoms with E-state index < -0.39 is 0 Å². The van der Waals surface area contributed by atoms with Crippen LogP contribution < -0.4 is 5.73 Å². The molecule has 1 aromatic heterocycles. The summed E-state index contributed by atoms with van der Waals surface area (Å²) in [5.41, 5.74) is 7.11. The molecule has 6 heteroatoms. The number of hydrogen-bond acceptors (Lipinski definition) is 6. The second-order valence-electron chi connectivity index (χ2n) is 4.06. The Bertz CT molecular complexity index is 601. The monoisotopic (exact) mass is 257 g/mol. The van der Waals surface area contributed by atoms with Crippen LogP contribution in [0, 0.1) is 0 Å². The fraction of sp³-hybridized carbons (Fsp3) is 0.154. The minimum Gasteiger partial charge on any atom is -0.414 e. The van der Waals surface area contributed by atoms with Crippen molar-refractivity contribution in [2.75, 3.05) is 14.1 Å². The Morgan fingerprint density at radius 2 is 1.95 bits per heavy atom. The smallest absolute Gasteiger partial charge is 0.270 e. The van der Waals surface area contributed by atoms with E-state index in [1.807, 2.05) is 30.3 Å². The number of aliphatic imine (C=N–C) groups is 1. The maximum atomic E-state index is 5.90. The average Bonchev–Trinajstić information content (AvgIpc) is 2.90. The maximum absolute atomic E-state index is 5.90. The average molecular weight is 257 g/mol. The first-order valence-electron chi connectivity index (χ1n) is 5.66. The van der Waals surface area contributed by atoms with Crippen LogP contribution in [0.2, 0.25) is 0 Å². The SMILES string of the molecule is C=N/C(=C(/N)N(C)C)c1nnc(-c2ccccc2)o1. The highest BCUT2D eigenvalue weighted by molar-refractivity contribution is 5.65. The summed E-state index contributed by atoms with van der Waals surface area (Å²) in [4.78, 5) is 5.56. The van der Waals surface area contributed by atoms with Gasteiger partial charge < -0.3 is 15.1 Å². The molecule has 0 unspecified atom stereocenters. The van der Waals surface area contributed by atoms with Gasteiger partial charge in [-0.2, -0.15) is 0 Å². The standard InChI is InChI=1S/C13H15N5O/c1-15-10(11(14)18(2)3)13-17-16-12(19-13)9-7-5-4-6-8-9/h4-8H,1,14H2,2-3H3/b11-10-. The van der Waals surface area contributed by atoms with Crippen LogP contribution in [0.15, 0.2) is 45.6 Å². The molecule has 19 heavy (non-hydrogen) atoms. The quantitative estimate of drug-likeness (QED) is 0.841. The highest BCUT2D eigenvalue weighted by Crippen LogP contribution is 2.22. The molecule has 2 aromatic rings. The van der Waals surface area contributed by atoms with Crippen LogP contribution in [0.25, 0.3) is 17.2 Å². The van der Waals surface area contributed by atoms with Gasteiger partial charge in [-0.3, -0.25) is 4.99 Å². The third-order valence-electron chi connectivity index (χ3n) is 2.53. The topological polar surface area (TPSA) is 80.5 Å². The van der Waals surface area contributed by atoms with Gasteiger partial charge in [0.05, 0.1) is 0 Å². The summed E-state index contributed by atoms with van der Waals surface area (Å²) in [7, 11) is 3.60. The van der Waals surface area contributed by atoms with Crippen LogP contribution in [0.1, 0.15) is 5.89 Å². The molecule has 0 radical (unpaired) electrons. The van der Waals surface area contributed by atoms with E-state index in [0.29, 0.717) is 17.4 Å². The van der Waals surface area contributed by atoms with Crippen LogP contribution in [-0.2, 0) is 0 Å². The fourth-order valence-electron chi connectivity index (χ4n) is 1.49. The third-order valence-corrected chi connectivity index (χ3v) is 2.53. The van der Waals surface area contributed by atoms with Gasteiger partial charge in [-0.1, -0.05) is 18.2 Å². The summed E-state index contributed by atoms with van der Waals surface area (Å²) in [5.74, 6) is 1.08. The second kappa shape index (κ2) is 5.34. The lowest BCUT2D eigenvalue weighted by molar-refractivity contribution is 0.498. The summed E-state index contributed by atoms with van der Waals surface area (Å²) >= 11 is 0. The molecule has 0 saturated carbocycles. The van der Waals surface area contributed by atoms with Crippen LogP contribution in [0.4, 0.5) is 0 Å². The van der Waals surface area contributed by atoms with E-state index in [-0.39, 0.29) is 5.89 Å². The van der Waals surface area contributed by atoms with Crippen LogP contribution in [-0.4, -0.2) is 35.9 Å². The Morgan fingerprint density at radius 3 is 2.53 bits per heavy atom. The lowest BCUT2D eigenvalue weighted by Crippen LogP contribution is -2.20. The van der Waals surface area contributed by atoms with Gasteiger partial charge in [-0.15, -0.1) is 10.2 Å². The highest BCUT2D eigenvalue weighted by atomic mass is 16.4. The van der Waals surface area contributed by atoms with Gasteiger partial charge in [0.15, 0.2) is 5.70 Å². The van der Waals surface area contributed by atoms with E-state index >= 15 is 0 Å². The number of aromatic nitrogens is 2. The fourth-order valence-corrected chi connectivity index (χ4v) is 1.49. The molecule has 1 aromatic carbocycles. The molecule has 0 aliphatic carbocycles. The summed E-state index contributed by atoms with van der Waals surface area (Å²) in [5, 5.41) is 7.94. The summed E-state index contributed by atoms with van der Waals surface area (Å²) in [6, 6.07) is 9.49. The van der Waals surface area contributed by atoms with E-state index in [9.17, 15) is 0 Å². The molecule has 0 aliphatic heterocycles. The van der Waals surface area contributed by atoms with E-state index in [0.717, 1.165) is 5.56 Å². The third kappa shape index (κ3) is 2.62. The lowest BCUT2D eigenvalue weighted by atomic mass is 10.2. The summed E-state index contributed by atoms with van der Waals surface area (Å²) in [6.07, 6.45) is 0. The molecule has 2 rings (SSSR count). The maximum Gasteiger partial charge on any atom is 0.270 e. The van der Waals surface area contributed by atoms with Crippen molar-refractivity contribution >= 4 is 12.4 Å². The minimum absolute atomic E-state index is 0.250. The van der Waals surface area contributed by atoms with Crippen molar-refractivity contribution in [1.29, 1.82) is 0 Å². The van der Waals surface area contributed by atoms with Gasteiger partial charge >= 0.3 is 0 Å². The molecule has 0 bridgehead atoms. The minimum atomic E-state index is 0.250. The van der Waals surface area contributed by atoms with Crippen molar-refractivity contribution in [1.82, 2.24) is 15.1 Å². The molecule has 0 atom stereocenters. The van der Waals surface area contributed by atoms with Crippen molar-refractivity contribution in [2.24, 2.45) is 10.7 Å². The first-order valence-corrected chi connectivity index (χ1v) is 5.66. The van der Waals surface area contributed by atoms with Gasteiger partial charge in [0.2, 0.25) is 5.89 Å². The van der Waals surface area contributed by atoms with Gasteiger partial charge in [-0.25, -0.2) is 0 Å². The summed E-state index contributed by atoms with van der Waals surface area (Å²) < 4.78 is 5.57. The molecule has 98 valence electrons. The van der Waals surface area contributed by atoms with E-state index in [1.54, 1.807) is 19.0 Å². The first kappa shape index (κ1) is 12.8. The predicted molar refractivity (Wildman–Crippen MR) is 74.1 cm³/mol. The molecule has 0 amide bonds.